The normalized spacial score (nSPS) is 15.2. The van der Waals surface area contributed by atoms with Gasteiger partial charge in [-0.3, -0.25) is 4.79 Å². The topological polar surface area (TPSA) is 55.1 Å². The zero-order chi connectivity index (χ0) is 14.1. The fourth-order valence-electron chi connectivity index (χ4n) is 2.47. The molecule has 1 aromatic carbocycles. The molecule has 0 fully saturated rings. The molecule has 0 amide bonds. The highest BCUT2D eigenvalue weighted by Gasteiger charge is 2.22. The third-order valence-corrected chi connectivity index (χ3v) is 4.54. The Morgan fingerprint density at radius 2 is 2.20 bits per heavy atom. The standard InChI is InChI=1S/C14H13ClN2O2S/c15-10-6-3-7-11-13(10)17(9-4-1-2-5-9)14(16-11)20-8-12(18)19/h1-3,6-7,9H,4-5,8H2,(H,18,19). The minimum absolute atomic E-state index is 0.00108. The summed E-state index contributed by atoms with van der Waals surface area (Å²) in [5.41, 5.74) is 1.72. The van der Waals surface area contributed by atoms with E-state index < -0.39 is 5.97 Å². The van der Waals surface area contributed by atoms with Gasteiger partial charge in [-0.15, -0.1) is 0 Å². The minimum Gasteiger partial charge on any atom is -0.481 e. The van der Waals surface area contributed by atoms with Gasteiger partial charge < -0.3 is 9.67 Å². The second-order valence-corrected chi connectivity index (χ2v) is 6.00. The van der Waals surface area contributed by atoms with Crippen molar-refractivity contribution >= 4 is 40.4 Å². The summed E-state index contributed by atoms with van der Waals surface area (Å²) < 4.78 is 2.09. The number of rotatable bonds is 4. The van der Waals surface area contributed by atoms with E-state index in [2.05, 4.69) is 21.7 Å². The second kappa shape index (κ2) is 5.50. The van der Waals surface area contributed by atoms with Gasteiger partial charge >= 0.3 is 5.97 Å². The minimum atomic E-state index is -0.843. The molecule has 0 radical (unpaired) electrons. The molecule has 6 heteroatoms. The average Bonchev–Trinajstić information content (AvgIpc) is 3.03. The van der Waals surface area contributed by atoms with Crippen molar-refractivity contribution in [1.29, 1.82) is 0 Å². The maximum Gasteiger partial charge on any atom is 0.313 e. The van der Waals surface area contributed by atoms with Gasteiger partial charge in [-0.25, -0.2) is 4.98 Å². The molecule has 20 heavy (non-hydrogen) atoms. The molecule has 0 bridgehead atoms. The largest absolute Gasteiger partial charge is 0.481 e. The lowest BCUT2D eigenvalue weighted by atomic mass is 10.2. The molecule has 0 unspecified atom stereocenters. The number of aromatic nitrogens is 2. The first kappa shape index (κ1) is 13.5. The van der Waals surface area contributed by atoms with Crippen LogP contribution in [0.25, 0.3) is 11.0 Å². The number of fused-ring (bicyclic) bond motifs is 1. The molecule has 1 aliphatic carbocycles. The van der Waals surface area contributed by atoms with Crippen LogP contribution in [0.15, 0.2) is 35.5 Å². The number of carboxylic acids is 1. The van der Waals surface area contributed by atoms with Gasteiger partial charge in [0.15, 0.2) is 5.16 Å². The van der Waals surface area contributed by atoms with Crippen LogP contribution in [0.1, 0.15) is 18.9 Å². The summed E-state index contributed by atoms with van der Waals surface area (Å²) in [5, 5.41) is 10.2. The van der Waals surface area contributed by atoms with E-state index in [9.17, 15) is 4.79 Å². The molecule has 0 saturated carbocycles. The molecule has 1 aliphatic rings. The zero-order valence-electron chi connectivity index (χ0n) is 10.6. The Balaban J connectivity index is 2.10. The van der Waals surface area contributed by atoms with Crippen LogP contribution in [-0.2, 0) is 4.79 Å². The number of allylic oxidation sites excluding steroid dienone is 2. The maximum absolute atomic E-state index is 10.8. The number of aliphatic carboxylic acids is 1. The SMILES string of the molecule is O=C(O)CSc1nc2cccc(Cl)c2n1C1CC=CC1. The van der Waals surface area contributed by atoms with E-state index in [1.165, 1.54) is 11.8 Å². The summed E-state index contributed by atoms with van der Waals surface area (Å²) >= 11 is 7.55. The lowest BCUT2D eigenvalue weighted by Gasteiger charge is -2.16. The summed E-state index contributed by atoms with van der Waals surface area (Å²) in [5.74, 6) is -0.842. The number of nitrogens with zero attached hydrogens (tertiary/aromatic N) is 2. The Kier molecular flexibility index (Phi) is 3.72. The maximum atomic E-state index is 10.8. The number of carbonyl (C=O) groups is 1. The molecule has 1 aromatic heterocycles. The molecule has 3 rings (SSSR count). The van der Waals surface area contributed by atoms with Crippen LogP contribution in [0.4, 0.5) is 0 Å². The third-order valence-electron chi connectivity index (χ3n) is 3.30. The monoisotopic (exact) mass is 308 g/mol. The van der Waals surface area contributed by atoms with Gasteiger partial charge in [-0.2, -0.15) is 0 Å². The molecule has 104 valence electrons. The Morgan fingerprint density at radius 1 is 1.45 bits per heavy atom. The van der Waals surface area contributed by atoms with E-state index in [4.69, 9.17) is 16.7 Å². The smallest absolute Gasteiger partial charge is 0.313 e. The Morgan fingerprint density at radius 3 is 2.90 bits per heavy atom. The number of carboxylic acid groups (broad SMARTS) is 1. The molecule has 0 atom stereocenters. The van der Waals surface area contributed by atoms with E-state index in [-0.39, 0.29) is 11.8 Å². The summed E-state index contributed by atoms with van der Waals surface area (Å²) in [7, 11) is 0. The van der Waals surface area contributed by atoms with Gasteiger partial charge in [0.05, 0.1) is 21.8 Å². The van der Waals surface area contributed by atoms with Crippen molar-refractivity contribution in [2.75, 3.05) is 5.75 Å². The lowest BCUT2D eigenvalue weighted by Crippen LogP contribution is -2.08. The van der Waals surface area contributed by atoms with Crippen molar-refractivity contribution in [3.63, 3.8) is 0 Å². The quantitative estimate of drug-likeness (QED) is 0.690. The van der Waals surface area contributed by atoms with Gasteiger partial charge in [0.1, 0.15) is 0 Å². The van der Waals surface area contributed by atoms with Gasteiger partial charge in [0.25, 0.3) is 0 Å². The number of imidazole rings is 1. The molecule has 0 saturated heterocycles. The molecule has 0 aliphatic heterocycles. The summed E-state index contributed by atoms with van der Waals surface area (Å²) in [6, 6.07) is 5.89. The molecular weight excluding hydrogens is 296 g/mol. The Hall–Kier alpha value is -1.46. The number of para-hydroxylation sites is 1. The van der Waals surface area contributed by atoms with Gasteiger partial charge in [-0.1, -0.05) is 41.6 Å². The zero-order valence-corrected chi connectivity index (χ0v) is 12.2. The number of benzene rings is 1. The molecule has 1 heterocycles. The third kappa shape index (κ3) is 2.43. The number of thioether (sulfide) groups is 1. The highest BCUT2D eigenvalue weighted by Crippen LogP contribution is 2.36. The van der Waals surface area contributed by atoms with Crippen molar-refractivity contribution in [1.82, 2.24) is 9.55 Å². The molecule has 1 N–H and O–H groups in total. The van der Waals surface area contributed by atoms with Crippen LogP contribution in [0.2, 0.25) is 5.02 Å². The predicted molar refractivity (Wildman–Crippen MR) is 80.5 cm³/mol. The molecule has 0 spiro atoms. The summed E-state index contributed by atoms with van der Waals surface area (Å²) in [6.07, 6.45) is 6.13. The van der Waals surface area contributed by atoms with Gasteiger partial charge in [0, 0.05) is 6.04 Å². The van der Waals surface area contributed by atoms with E-state index >= 15 is 0 Å². The van der Waals surface area contributed by atoms with Crippen LogP contribution < -0.4 is 0 Å². The molecular formula is C14H13ClN2O2S. The number of hydrogen-bond donors (Lipinski definition) is 1. The van der Waals surface area contributed by atoms with E-state index in [0.717, 1.165) is 29.0 Å². The summed E-state index contributed by atoms with van der Waals surface area (Å²) in [4.78, 5) is 15.3. The van der Waals surface area contributed by atoms with Crippen molar-refractivity contribution < 1.29 is 9.90 Å². The van der Waals surface area contributed by atoms with Crippen LogP contribution in [0, 0.1) is 0 Å². The first-order valence-electron chi connectivity index (χ1n) is 6.33. The van der Waals surface area contributed by atoms with Gasteiger partial charge in [0.2, 0.25) is 0 Å². The highest BCUT2D eigenvalue weighted by atomic mass is 35.5. The van der Waals surface area contributed by atoms with Crippen molar-refractivity contribution in [3.05, 3.63) is 35.4 Å². The first-order chi connectivity index (χ1) is 9.66. The van der Waals surface area contributed by atoms with E-state index in [1.54, 1.807) is 0 Å². The fraction of sp³-hybridized carbons (Fsp3) is 0.286. The first-order valence-corrected chi connectivity index (χ1v) is 7.69. The summed E-state index contributed by atoms with van der Waals surface area (Å²) in [6.45, 7) is 0. The fourth-order valence-corrected chi connectivity index (χ4v) is 3.52. The Bertz CT molecular complexity index is 688. The number of hydrogen-bond acceptors (Lipinski definition) is 3. The molecule has 4 nitrogen and oxygen atoms in total. The lowest BCUT2D eigenvalue weighted by molar-refractivity contribution is -0.133. The van der Waals surface area contributed by atoms with E-state index in [0.29, 0.717) is 5.02 Å². The number of halogens is 1. The molecule has 2 aromatic rings. The van der Waals surface area contributed by atoms with Crippen molar-refractivity contribution in [2.45, 2.75) is 24.0 Å². The Labute approximate surface area is 125 Å². The van der Waals surface area contributed by atoms with Gasteiger partial charge in [-0.05, 0) is 25.0 Å². The van der Waals surface area contributed by atoms with Crippen LogP contribution in [-0.4, -0.2) is 26.4 Å². The average molecular weight is 309 g/mol. The predicted octanol–water partition coefficient (Wildman–Crippen LogP) is 3.76. The van der Waals surface area contributed by atoms with Crippen molar-refractivity contribution in [2.24, 2.45) is 0 Å². The van der Waals surface area contributed by atoms with Crippen molar-refractivity contribution in [3.8, 4) is 0 Å². The highest BCUT2D eigenvalue weighted by molar-refractivity contribution is 7.99. The van der Waals surface area contributed by atoms with Crippen LogP contribution in [0.3, 0.4) is 0 Å². The van der Waals surface area contributed by atoms with Crippen LogP contribution >= 0.6 is 23.4 Å². The second-order valence-electron chi connectivity index (χ2n) is 4.65. The van der Waals surface area contributed by atoms with Crippen LogP contribution in [0.5, 0.6) is 0 Å². The van der Waals surface area contributed by atoms with E-state index in [1.807, 2.05) is 18.2 Å².